The summed E-state index contributed by atoms with van der Waals surface area (Å²) in [7, 11) is 2.94. The second-order valence-electron chi connectivity index (χ2n) is 6.23. The summed E-state index contributed by atoms with van der Waals surface area (Å²) >= 11 is 0. The summed E-state index contributed by atoms with van der Waals surface area (Å²) in [6.07, 6.45) is 0. The molecule has 3 aromatic rings. The Balaban J connectivity index is 1.76. The molecule has 1 heterocycles. The zero-order valence-electron chi connectivity index (χ0n) is 17.2. The smallest absolute Gasteiger partial charge is 0.286 e. The van der Waals surface area contributed by atoms with Gasteiger partial charge in [-0.3, -0.25) is 20.0 Å². The van der Waals surface area contributed by atoms with Crippen LogP contribution in [0.15, 0.2) is 36.4 Å². The van der Waals surface area contributed by atoms with Crippen molar-refractivity contribution in [2.75, 3.05) is 20.8 Å². The number of nitrogens with one attached hydrogen (secondary N) is 2. The lowest BCUT2D eigenvalue weighted by atomic mass is 10.1. The number of hydrogen-bond acceptors (Lipinski definition) is 8. The molecule has 2 N–H and O–H groups in total. The molecule has 0 saturated heterocycles. The van der Waals surface area contributed by atoms with Crippen molar-refractivity contribution in [2.24, 2.45) is 0 Å². The molecule has 0 saturated carbocycles. The number of benzene rings is 2. The molecule has 31 heavy (non-hydrogen) atoms. The Morgan fingerprint density at radius 1 is 1.16 bits per heavy atom. The van der Waals surface area contributed by atoms with Crippen LogP contribution in [0.1, 0.15) is 23.1 Å². The van der Waals surface area contributed by atoms with Crippen molar-refractivity contribution >= 4 is 11.6 Å². The van der Waals surface area contributed by atoms with E-state index in [0.29, 0.717) is 24.0 Å². The standard InChI is InChI=1S/C20H21N5O6/c1-4-31-17-9-14(15(25(27)28)10-16(17)30-3)20(26)21-11-18-22-19(24-23-18)12-5-7-13(29-2)8-6-12/h5-10H,4,11H2,1-3H3,(H,21,26)(H,22,23,24). The monoisotopic (exact) mass is 427 g/mol. The molecule has 11 heteroatoms. The van der Waals surface area contributed by atoms with E-state index in [1.54, 1.807) is 38.3 Å². The van der Waals surface area contributed by atoms with Gasteiger partial charge in [-0.2, -0.15) is 5.10 Å². The topological polar surface area (TPSA) is 142 Å². The Hall–Kier alpha value is -4.15. The van der Waals surface area contributed by atoms with Gasteiger partial charge < -0.3 is 19.5 Å². The van der Waals surface area contributed by atoms with Gasteiger partial charge in [0.2, 0.25) is 0 Å². The highest BCUT2D eigenvalue weighted by Gasteiger charge is 2.25. The molecular formula is C20H21N5O6. The molecule has 0 unspecified atom stereocenters. The molecule has 0 radical (unpaired) electrons. The maximum atomic E-state index is 12.7. The van der Waals surface area contributed by atoms with Crippen molar-refractivity contribution in [1.82, 2.24) is 20.5 Å². The lowest BCUT2D eigenvalue weighted by Gasteiger charge is -2.11. The highest BCUT2D eigenvalue weighted by atomic mass is 16.6. The number of aromatic amines is 1. The lowest BCUT2D eigenvalue weighted by molar-refractivity contribution is -0.385. The molecule has 1 aromatic heterocycles. The Bertz CT molecular complexity index is 1080. The molecule has 0 aliphatic carbocycles. The van der Waals surface area contributed by atoms with Crippen LogP contribution in [-0.4, -0.2) is 46.8 Å². The molecule has 162 valence electrons. The zero-order chi connectivity index (χ0) is 22.4. The van der Waals surface area contributed by atoms with Gasteiger partial charge in [0, 0.05) is 11.6 Å². The van der Waals surface area contributed by atoms with Crippen LogP contribution in [0.2, 0.25) is 0 Å². The summed E-state index contributed by atoms with van der Waals surface area (Å²) in [5, 5.41) is 20.9. The molecule has 2 aromatic carbocycles. The Morgan fingerprint density at radius 2 is 1.90 bits per heavy atom. The minimum absolute atomic E-state index is 0.00482. The fourth-order valence-electron chi connectivity index (χ4n) is 2.81. The third-order valence-corrected chi connectivity index (χ3v) is 4.32. The number of carbonyl (C=O) groups is 1. The van der Waals surface area contributed by atoms with Crippen molar-refractivity contribution in [3.05, 3.63) is 57.9 Å². The summed E-state index contributed by atoms with van der Waals surface area (Å²) in [4.78, 5) is 27.8. The average Bonchev–Trinajstić information content (AvgIpc) is 3.26. The van der Waals surface area contributed by atoms with E-state index in [9.17, 15) is 14.9 Å². The zero-order valence-corrected chi connectivity index (χ0v) is 17.2. The van der Waals surface area contributed by atoms with Crippen LogP contribution in [0, 0.1) is 10.1 Å². The largest absolute Gasteiger partial charge is 0.497 e. The van der Waals surface area contributed by atoms with Crippen LogP contribution in [-0.2, 0) is 6.54 Å². The number of rotatable bonds is 9. The van der Waals surface area contributed by atoms with Gasteiger partial charge in [0.25, 0.3) is 11.6 Å². The van der Waals surface area contributed by atoms with Gasteiger partial charge in [-0.05, 0) is 31.2 Å². The maximum Gasteiger partial charge on any atom is 0.286 e. The van der Waals surface area contributed by atoms with Crippen molar-refractivity contribution in [2.45, 2.75) is 13.5 Å². The molecule has 0 atom stereocenters. The number of nitro groups is 1. The number of aromatic nitrogens is 3. The molecule has 0 aliphatic heterocycles. The van der Waals surface area contributed by atoms with Crippen molar-refractivity contribution in [3.8, 4) is 28.6 Å². The summed E-state index contributed by atoms with van der Waals surface area (Å²) in [6.45, 7) is 2.06. The Kier molecular flexibility index (Phi) is 6.65. The van der Waals surface area contributed by atoms with E-state index in [1.165, 1.54) is 13.2 Å². The first kappa shape index (κ1) is 21.6. The Labute approximate surface area is 177 Å². The first-order chi connectivity index (χ1) is 15.0. The molecular weight excluding hydrogens is 406 g/mol. The predicted molar refractivity (Wildman–Crippen MR) is 110 cm³/mol. The molecule has 0 aliphatic rings. The molecule has 1 amide bonds. The third-order valence-electron chi connectivity index (χ3n) is 4.32. The number of carbonyl (C=O) groups excluding carboxylic acids is 1. The van der Waals surface area contributed by atoms with Crippen LogP contribution in [0.5, 0.6) is 17.2 Å². The molecule has 3 rings (SSSR count). The first-order valence-corrected chi connectivity index (χ1v) is 9.30. The minimum Gasteiger partial charge on any atom is -0.497 e. The van der Waals surface area contributed by atoms with Gasteiger partial charge in [0.1, 0.15) is 17.1 Å². The van der Waals surface area contributed by atoms with Gasteiger partial charge in [-0.1, -0.05) is 0 Å². The first-order valence-electron chi connectivity index (χ1n) is 9.30. The number of methoxy groups -OCH3 is 2. The number of hydrogen-bond donors (Lipinski definition) is 2. The molecule has 0 fully saturated rings. The van der Waals surface area contributed by atoms with Gasteiger partial charge in [0.05, 0.1) is 38.4 Å². The Morgan fingerprint density at radius 3 is 2.52 bits per heavy atom. The number of ether oxygens (including phenoxy) is 3. The van der Waals surface area contributed by atoms with Gasteiger partial charge in [0.15, 0.2) is 17.3 Å². The van der Waals surface area contributed by atoms with Crippen LogP contribution in [0.4, 0.5) is 5.69 Å². The number of amides is 1. The van der Waals surface area contributed by atoms with Gasteiger partial charge in [-0.25, -0.2) is 4.98 Å². The third kappa shape index (κ3) is 4.89. The fourth-order valence-corrected chi connectivity index (χ4v) is 2.81. The normalized spacial score (nSPS) is 10.4. The number of H-pyrrole nitrogens is 1. The van der Waals surface area contributed by atoms with Crippen LogP contribution in [0.25, 0.3) is 11.4 Å². The van der Waals surface area contributed by atoms with Gasteiger partial charge in [-0.15, -0.1) is 0 Å². The summed E-state index contributed by atoms with van der Waals surface area (Å²) in [6, 6.07) is 9.63. The maximum absolute atomic E-state index is 12.7. The van der Waals surface area contributed by atoms with Crippen LogP contribution in [0.3, 0.4) is 0 Å². The van der Waals surface area contributed by atoms with Crippen molar-refractivity contribution in [3.63, 3.8) is 0 Å². The summed E-state index contributed by atoms with van der Waals surface area (Å²) < 4.78 is 15.7. The second-order valence-corrected chi connectivity index (χ2v) is 6.23. The molecule has 11 nitrogen and oxygen atoms in total. The molecule has 0 spiro atoms. The highest BCUT2D eigenvalue weighted by molar-refractivity contribution is 5.99. The van der Waals surface area contributed by atoms with E-state index in [4.69, 9.17) is 14.2 Å². The van der Waals surface area contributed by atoms with E-state index in [-0.39, 0.29) is 23.6 Å². The van der Waals surface area contributed by atoms with E-state index in [0.717, 1.165) is 11.6 Å². The van der Waals surface area contributed by atoms with Crippen molar-refractivity contribution in [1.29, 1.82) is 0 Å². The predicted octanol–water partition coefficient (Wildman–Crippen LogP) is 2.73. The van der Waals surface area contributed by atoms with Crippen LogP contribution < -0.4 is 19.5 Å². The fraction of sp³-hybridized carbons (Fsp3) is 0.250. The summed E-state index contributed by atoms with van der Waals surface area (Å²) in [5.74, 6) is 1.30. The average molecular weight is 427 g/mol. The quantitative estimate of drug-likeness (QED) is 0.392. The molecule has 0 bridgehead atoms. The second kappa shape index (κ2) is 9.57. The number of nitro benzene ring substituents is 1. The van der Waals surface area contributed by atoms with Crippen molar-refractivity contribution < 1.29 is 23.9 Å². The van der Waals surface area contributed by atoms with E-state index < -0.39 is 16.5 Å². The van der Waals surface area contributed by atoms with Gasteiger partial charge >= 0.3 is 0 Å². The summed E-state index contributed by atoms with van der Waals surface area (Å²) in [5.41, 5.74) is 0.222. The minimum atomic E-state index is -0.655. The highest BCUT2D eigenvalue weighted by Crippen LogP contribution is 2.34. The van der Waals surface area contributed by atoms with E-state index >= 15 is 0 Å². The van der Waals surface area contributed by atoms with Crippen LogP contribution >= 0.6 is 0 Å². The van der Waals surface area contributed by atoms with E-state index in [1.807, 2.05) is 0 Å². The lowest BCUT2D eigenvalue weighted by Crippen LogP contribution is -2.24. The van der Waals surface area contributed by atoms with E-state index in [2.05, 4.69) is 20.5 Å². The SMILES string of the molecule is CCOc1cc(C(=O)NCc2nc(-c3ccc(OC)cc3)n[nH]2)c([N+](=O)[O-])cc1OC. The number of nitrogens with zero attached hydrogens (tertiary/aromatic N) is 3.